The zero-order chi connectivity index (χ0) is 30.4. The van der Waals surface area contributed by atoms with Crippen molar-refractivity contribution in [3.05, 3.63) is 11.3 Å². The van der Waals surface area contributed by atoms with Crippen LogP contribution in [-0.2, 0) is 33.3 Å². The summed E-state index contributed by atoms with van der Waals surface area (Å²) >= 11 is 1.89. The molecular formula is C29H47N3O9S. The fourth-order valence-electron chi connectivity index (χ4n) is 5.27. The van der Waals surface area contributed by atoms with Gasteiger partial charge in [-0.15, -0.1) is 0 Å². The SMILES string of the molecule is CC1(C)CC(=O)C(=C(O)CCOCCOCCOCCOCCNC(=O)CCCCC2SCC3NC(=O)NC32)C(=O)C1. The van der Waals surface area contributed by atoms with Gasteiger partial charge >= 0.3 is 6.03 Å². The summed E-state index contributed by atoms with van der Waals surface area (Å²) in [7, 11) is 0. The molecule has 0 bridgehead atoms. The number of carbonyl (C=O) groups is 4. The lowest BCUT2D eigenvalue weighted by molar-refractivity contribution is -0.127. The number of aliphatic hydroxyl groups excluding tert-OH is 1. The lowest BCUT2D eigenvalue weighted by Gasteiger charge is -2.28. The summed E-state index contributed by atoms with van der Waals surface area (Å²) in [5.74, 6) is 0.180. The first-order valence-corrected chi connectivity index (χ1v) is 16.0. The second-order valence-corrected chi connectivity index (χ2v) is 12.9. The zero-order valence-electron chi connectivity index (χ0n) is 24.9. The standard InChI is InChI=1S/C29H47N3O9S/c1-29(2)17-22(34)26(23(35)18-29)21(33)7-9-38-11-13-40-15-16-41-14-12-39-10-8-30-25(36)6-4-3-5-24-27-20(19-42-24)31-28(37)32-27/h20,24,27,33H,3-19H2,1-2H3,(H,30,36)(H2,31,32,37). The van der Waals surface area contributed by atoms with Crippen LogP contribution in [0.5, 0.6) is 0 Å². The summed E-state index contributed by atoms with van der Waals surface area (Å²) < 4.78 is 21.8. The van der Waals surface area contributed by atoms with Crippen LogP contribution in [0.25, 0.3) is 0 Å². The van der Waals surface area contributed by atoms with E-state index in [-0.39, 0.29) is 78.2 Å². The summed E-state index contributed by atoms with van der Waals surface area (Å²) in [4.78, 5) is 47.8. The number of hydrogen-bond acceptors (Lipinski definition) is 10. The van der Waals surface area contributed by atoms with E-state index in [0.29, 0.717) is 64.5 Å². The molecule has 3 unspecified atom stereocenters. The number of amides is 3. The minimum absolute atomic E-state index is 0.0242. The number of hydrogen-bond donors (Lipinski definition) is 4. The Kier molecular flexibility index (Phi) is 14.5. The lowest BCUT2D eigenvalue weighted by atomic mass is 9.73. The third-order valence-corrected chi connectivity index (χ3v) is 8.88. The number of nitrogens with one attached hydrogen (secondary N) is 3. The van der Waals surface area contributed by atoms with Crippen LogP contribution in [0.3, 0.4) is 0 Å². The minimum Gasteiger partial charge on any atom is -0.511 e. The van der Waals surface area contributed by atoms with Gasteiger partial charge in [0.2, 0.25) is 5.91 Å². The molecule has 3 rings (SSSR count). The molecule has 4 N–H and O–H groups in total. The molecular weight excluding hydrogens is 566 g/mol. The van der Waals surface area contributed by atoms with Crippen LogP contribution in [0.1, 0.15) is 58.8 Å². The molecule has 2 heterocycles. The second-order valence-electron chi connectivity index (χ2n) is 11.6. The number of rotatable bonds is 20. The smallest absolute Gasteiger partial charge is 0.315 e. The van der Waals surface area contributed by atoms with E-state index in [4.69, 9.17) is 18.9 Å². The van der Waals surface area contributed by atoms with Crippen LogP contribution >= 0.6 is 11.8 Å². The van der Waals surface area contributed by atoms with Gasteiger partial charge in [-0.25, -0.2) is 4.79 Å². The third-order valence-electron chi connectivity index (χ3n) is 7.37. The summed E-state index contributed by atoms with van der Waals surface area (Å²) in [5.41, 5.74) is -0.433. The van der Waals surface area contributed by atoms with Crippen molar-refractivity contribution < 1.29 is 43.2 Å². The van der Waals surface area contributed by atoms with Crippen molar-refractivity contribution in [3.63, 3.8) is 0 Å². The van der Waals surface area contributed by atoms with Gasteiger partial charge in [0, 0.05) is 43.2 Å². The van der Waals surface area contributed by atoms with Gasteiger partial charge in [-0.1, -0.05) is 20.3 Å². The van der Waals surface area contributed by atoms with Crippen molar-refractivity contribution in [1.82, 2.24) is 16.0 Å². The highest BCUT2D eigenvalue weighted by Crippen LogP contribution is 2.35. The fourth-order valence-corrected chi connectivity index (χ4v) is 6.81. The molecule has 1 aliphatic carbocycles. The molecule has 3 atom stereocenters. The summed E-state index contributed by atoms with van der Waals surface area (Å²) in [5, 5.41) is 19.4. The fraction of sp³-hybridized carbons (Fsp3) is 0.793. The van der Waals surface area contributed by atoms with Gasteiger partial charge in [-0.3, -0.25) is 14.4 Å². The largest absolute Gasteiger partial charge is 0.511 e. The van der Waals surface area contributed by atoms with Crippen LogP contribution in [0.15, 0.2) is 11.3 Å². The van der Waals surface area contributed by atoms with Crippen molar-refractivity contribution in [1.29, 1.82) is 0 Å². The first-order chi connectivity index (χ1) is 20.2. The van der Waals surface area contributed by atoms with Crippen LogP contribution < -0.4 is 16.0 Å². The van der Waals surface area contributed by atoms with Crippen LogP contribution in [0.2, 0.25) is 0 Å². The molecule has 13 heteroatoms. The van der Waals surface area contributed by atoms with E-state index in [1.54, 1.807) is 0 Å². The highest BCUT2D eigenvalue weighted by molar-refractivity contribution is 8.00. The van der Waals surface area contributed by atoms with Gasteiger partial charge in [0.05, 0.1) is 70.5 Å². The highest BCUT2D eigenvalue weighted by Gasteiger charge is 2.42. The number of thioether (sulfide) groups is 1. The molecule has 3 fully saturated rings. The maximum Gasteiger partial charge on any atom is 0.315 e. The molecule has 238 valence electrons. The molecule has 1 saturated carbocycles. The maximum absolute atomic E-state index is 12.2. The number of ether oxygens (including phenoxy) is 4. The van der Waals surface area contributed by atoms with E-state index in [1.165, 1.54) is 0 Å². The Labute approximate surface area is 252 Å². The molecule has 3 amide bonds. The van der Waals surface area contributed by atoms with E-state index in [0.717, 1.165) is 25.0 Å². The first kappa shape index (κ1) is 34.3. The third kappa shape index (κ3) is 11.8. The van der Waals surface area contributed by atoms with Crippen molar-refractivity contribution in [3.8, 4) is 0 Å². The number of aliphatic hydroxyl groups is 1. The topological polar surface area (TPSA) is 162 Å². The molecule has 0 spiro atoms. The summed E-state index contributed by atoms with van der Waals surface area (Å²) in [6.07, 6.45) is 3.90. The number of carbonyl (C=O) groups excluding carboxylic acids is 4. The Morgan fingerprint density at radius 2 is 1.48 bits per heavy atom. The molecule has 12 nitrogen and oxygen atoms in total. The highest BCUT2D eigenvalue weighted by atomic mass is 32.2. The predicted molar refractivity (Wildman–Crippen MR) is 158 cm³/mol. The van der Waals surface area contributed by atoms with E-state index >= 15 is 0 Å². The van der Waals surface area contributed by atoms with Crippen LogP contribution in [0, 0.1) is 5.41 Å². The number of urea groups is 1. The molecule has 3 aliphatic rings. The first-order valence-electron chi connectivity index (χ1n) is 14.9. The van der Waals surface area contributed by atoms with E-state index in [1.807, 2.05) is 25.6 Å². The second kappa shape index (κ2) is 17.8. The van der Waals surface area contributed by atoms with E-state index in [2.05, 4.69) is 16.0 Å². The van der Waals surface area contributed by atoms with Gasteiger partial charge in [0.25, 0.3) is 0 Å². The number of unbranched alkanes of at least 4 members (excludes halogenated alkanes) is 1. The maximum atomic E-state index is 12.2. The lowest BCUT2D eigenvalue weighted by Crippen LogP contribution is -2.36. The van der Waals surface area contributed by atoms with Gasteiger partial charge in [0.1, 0.15) is 5.76 Å². The Hall–Kier alpha value is -2.19. The number of ketones is 2. The van der Waals surface area contributed by atoms with Gasteiger partial charge in [0.15, 0.2) is 11.6 Å². The van der Waals surface area contributed by atoms with Crippen molar-refractivity contribution in [2.45, 2.75) is 76.1 Å². The van der Waals surface area contributed by atoms with E-state index in [9.17, 15) is 24.3 Å². The molecule has 0 aromatic carbocycles. The molecule has 2 saturated heterocycles. The van der Waals surface area contributed by atoms with E-state index < -0.39 is 0 Å². The zero-order valence-corrected chi connectivity index (χ0v) is 25.7. The number of Topliss-reactive ketones (excluding diaryl/α,β-unsaturated/α-hetero) is 2. The molecule has 2 aliphatic heterocycles. The predicted octanol–water partition coefficient (Wildman–Crippen LogP) is 2.06. The monoisotopic (exact) mass is 613 g/mol. The van der Waals surface area contributed by atoms with Crippen molar-refractivity contribution in [2.75, 3.05) is 65.2 Å². The Morgan fingerprint density at radius 3 is 2.12 bits per heavy atom. The van der Waals surface area contributed by atoms with Gasteiger partial charge < -0.3 is 40.0 Å². The number of fused-ring (bicyclic) bond motifs is 1. The average molecular weight is 614 g/mol. The quantitative estimate of drug-likeness (QED) is 0.0526. The van der Waals surface area contributed by atoms with Gasteiger partial charge in [-0.2, -0.15) is 11.8 Å². The van der Waals surface area contributed by atoms with Gasteiger partial charge in [-0.05, 0) is 18.3 Å². The number of allylic oxidation sites excluding steroid dienone is 1. The molecule has 42 heavy (non-hydrogen) atoms. The van der Waals surface area contributed by atoms with Crippen molar-refractivity contribution in [2.24, 2.45) is 5.41 Å². The van der Waals surface area contributed by atoms with Crippen LogP contribution in [0.4, 0.5) is 4.79 Å². The summed E-state index contributed by atoms with van der Waals surface area (Å²) in [6, 6.07) is 0.382. The normalized spacial score (nSPS) is 23.0. The molecule has 0 radical (unpaired) electrons. The van der Waals surface area contributed by atoms with Crippen LogP contribution in [-0.4, -0.2) is 111 Å². The molecule has 0 aromatic rings. The average Bonchev–Trinajstić information content (AvgIpc) is 3.46. The molecule has 0 aromatic heterocycles. The van der Waals surface area contributed by atoms with Crippen molar-refractivity contribution >= 4 is 35.3 Å². The summed E-state index contributed by atoms with van der Waals surface area (Å²) in [6.45, 7) is 7.16. The minimum atomic E-state index is -0.363. The Morgan fingerprint density at radius 1 is 0.881 bits per heavy atom. The Balaban J connectivity index is 1.05. The Bertz CT molecular complexity index is 937.